The number of ether oxygens (including phenoxy) is 1. The van der Waals surface area contributed by atoms with E-state index >= 15 is 0 Å². The molecule has 0 amide bonds. The maximum atomic E-state index is 6.41. The zero-order valence-electron chi connectivity index (χ0n) is 13.6. The third-order valence-electron chi connectivity index (χ3n) is 4.40. The Morgan fingerprint density at radius 2 is 2.00 bits per heavy atom. The molecule has 2 atom stereocenters. The average Bonchev–Trinajstić information content (AvgIpc) is 2.70. The maximum absolute atomic E-state index is 6.41. The lowest BCUT2D eigenvalue weighted by Gasteiger charge is -2.29. The van der Waals surface area contributed by atoms with E-state index in [1.54, 1.807) is 0 Å². The Kier molecular flexibility index (Phi) is 6.52. The van der Waals surface area contributed by atoms with Crippen LogP contribution in [0.2, 0.25) is 0 Å². The number of nitrogens with zero attached hydrogens (tertiary/aromatic N) is 1. The quantitative estimate of drug-likeness (QED) is 0.867. The van der Waals surface area contributed by atoms with E-state index in [2.05, 4.69) is 30.9 Å². The Bertz CT molecular complexity index is 404. The van der Waals surface area contributed by atoms with E-state index in [1.807, 2.05) is 12.1 Å². The third kappa shape index (κ3) is 5.01. The van der Waals surface area contributed by atoms with Crippen molar-refractivity contribution in [1.82, 2.24) is 4.90 Å². The molecule has 0 aromatic heterocycles. The molecule has 0 spiro atoms. The molecule has 21 heavy (non-hydrogen) atoms. The van der Waals surface area contributed by atoms with Gasteiger partial charge in [-0.05, 0) is 50.4 Å². The standard InChI is InChI=1S/C18H30N2O/c1-3-13-21-17-10-8-16(9-11-17)18(19)14-20-12-6-4-5-7-15(20)2/h8-11,15,18H,3-7,12-14,19H2,1-2H3. The minimum Gasteiger partial charge on any atom is -0.494 e. The van der Waals surface area contributed by atoms with E-state index < -0.39 is 0 Å². The van der Waals surface area contributed by atoms with Crippen molar-refractivity contribution >= 4 is 0 Å². The van der Waals surface area contributed by atoms with E-state index in [0.29, 0.717) is 6.04 Å². The molecule has 3 heteroatoms. The highest BCUT2D eigenvalue weighted by molar-refractivity contribution is 5.29. The Labute approximate surface area is 129 Å². The molecule has 1 saturated heterocycles. The lowest BCUT2D eigenvalue weighted by Crippen LogP contribution is -2.38. The molecule has 0 radical (unpaired) electrons. The monoisotopic (exact) mass is 290 g/mol. The van der Waals surface area contributed by atoms with Gasteiger partial charge in [0.15, 0.2) is 0 Å². The average molecular weight is 290 g/mol. The van der Waals surface area contributed by atoms with Crippen molar-refractivity contribution < 1.29 is 4.74 Å². The molecule has 0 saturated carbocycles. The van der Waals surface area contributed by atoms with Gasteiger partial charge in [0.1, 0.15) is 5.75 Å². The van der Waals surface area contributed by atoms with E-state index in [4.69, 9.17) is 10.5 Å². The van der Waals surface area contributed by atoms with E-state index in [-0.39, 0.29) is 6.04 Å². The molecule has 1 heterocycles. The van der Waals surface area contributed by atoms with Crippen LogP contribution in [-0.2, 0) is 0 Å². The number of likely N-dealkylation sites (tertiary alicyclic amines) is 1. The lowest BCUT2D eigenvalue weighted by atomic mass is 10.1. The summed E-state index contributed by atoms with van der Waals surface area (Å²) in [4.78, 5) is 2.55. The highest BCUT2D eigenvalue weighted by Crippen LogP contribution is 2.21. The van der Waals surface area contributed by atoms with Crippen LogP contribution < -0.4 is 10.5 Å². The van der Waals surface area contributed by atoms with Crippen LogP contribution in [0, 0.1) is 0 Å². The van der Waals surface area contributed by atoms with E-state index in [0.717, 1.165) is 25.3 Å². The van der Waals surface area contributed by atoms with Crippen LogP contribution in [0.5, 0.6) is 5.75 Å². The van der Waals surface area contributed by atoms with E-state index in [9.17, 15) is 0 Å². The summed E-state index contributed by atoms with van der Waals surface area (Å²) in [7, 11) is 0. The zero-order chi connectivity index (χ0) is 15.1. The van der Waals surface area contributed by atoms with Crippen LogP contribution in [0.25, 0.3) is 0 Å². The predicted molar refractivity (Wildman–Crippen MR) is 88.7 cm³/mol. The van der Waals surface area contributed by atoms with Crippen LogP contribution in [0.4, 0.5) is 0 Å². The van der Waals surface area contributed by atoms with Crippen LogP contribution in [0.3, 0.4) is 0 Å². The van der Waals surface area contributed by atoms with Gasteiger partial charge in [0.05, 0.1) is 6.61 Å². The summed E-state index contributed by atoms with van der Waals surface area (Å²) >= 11 is 0. The SMILES string of the molecule is CCCOc1ccc(C(N)CN2CCCCCC2C)cc1. The molecule has 1 aliphatic heterocycles. The smallest absolute Gasteiger partial charge is 0.119 e. The van der Waals surface area contributed by atoms with Gasteiger partial charge in [0.25, 0.3) is 0 Å². The summed E-state index contributed by atoms with van der Waals surface area (Å²) in [6.07, 6.45) is 6.36. The predicted octanol–water partition coefficient (Wildman–Crippen LogP) is 3.74. The van der Waals surface area contributed by atoms with Crippen molar-refractivity contribution in [2.24, 2.45) is 5.73 Å². The van der Waals surface area contributed by atoms with Gasteiger partial charge in [-0.1, -0.05) is 31.9 Å². The van der Waals surface area contributed by atoms with Crippen molar-refractivity contribution in [3.63, 3.8) is 0 Å². The van der Waals surface area contributed by atoms with Crippen LogP contribution in [-0.4, -0.2) is 30.6 Å². The number of rotatable bonds is 6. The van der Waals surface area contributed by atoms with Crippen LogP contribution in [0.1, 0.15) is 57.6 Å². The number of benzene rings is 1. The molecule has 3 nitrogen and oxygen atoms in total. The minimum atomic E-state index is 0.0887. The Hall–Kier alpha value is -1.06. The largest absolute Gasteiger partial charge is 0.494 e. The number of nitrogens with two attached hydrogens (primary N) is 1. The fourth-order valence-corrected chi connectivity index (χ4v) is 2.99. The summed E-state index contributed by atoms with van der Waals surface area (Å²) in [5.74, 6) is 0.941. The summed E-state index contributed by atoms with van der Waals surface area (Å²) < 4.78 is 5.62. The topological polar surface area (TPSA) is 38.5 Å². The zero-order valence-corrected chi connectivity index (χ0v) is 13.6. The third-order valence-corrected chi connectivity index (χ3v) is 4.40. The second kappa shape index (κ2) is 8.40. The summed E-state index contributed by atoms with van der Waals surface area (Å²) in [5.41, 5.74) is 7.61. The number of hydrogen-bond donors (Lipinski definition) is 1. The first-order valence-corrected chi connectivity index (χ1v) is 8.43. The molecule has 0 bridgehead atoms. The van der Waals surface area contributed by atoms with Crippen molar-refractivity contribution in [3.8, 4) is 5.75 Å². The van der Waals surface area contributed by atoms with Gasteiger partial charge >= 0.3 is 0 Å². The number of hydrogen-bond acceptors (Lipinski definition) is 3. The highest BCUT2D eigenvalue weighted by atomic mass is 16.5. The molecule has 2 N–H and O–H groups in total. The molecule has 2 rings (SSSR count). The molecule has 1 aromatic carbocycles. The first-order valence-electron chi connectivity index (χ1n) is 8.43. The normalized spacial score (nSPS) is 21.8. The Balaban J connectivity index is 1.91. The maximum Gasteiger partial charge on any atom is 0.119 e. The van der Waals surface area contributed by atoms with Gasteiger partial charge in [-0.15, -0.1) is 0 Å². The summed E-state index contributed by atoms with van der Waals surface area (Å²) in [6.45, 7) is 7.37. The molecule has 1 fully saturated rings. The van der Waals surface area contributed by atoms with Gasteiger partial charge in [-0.2, -0.15) is 0 Å². The van der Waals surface area contributed by atoms with Gasteiger partial charge in [-0.3, -0.25) is 4.90 Å². The van der Waals surface area contributed by atoms with Gasteiger partial charge in [0.2, 0.25) is 0 Å². The first-order chi connectivity index (χ1) is 10.2. The van der Waals surface area contributed by atoms with Crippen molar-refractivity contribution in [2.75, 3.05) is 19.7 Å². The molecule has 1 aliphatic rings. The van der Waals surface area contributed by atoms with Crippen LogP contribution in [0.15, 0.2) is 24.3 Å². The molecule has 2 unspecified atom stereocenters. The van der Waals surface area contributed by atoms with E-state index in [1.165, 1.54) is 37.8 Å². The molecule has 0 aliphatic carbocycles. The summed E-state index contributed by atoms with van der Waals surface area (Å²) in [5, 5.41) is 0. The van der Waals surface area contributed by atoms with Crippen molar-refractivity contribution in [1.29, 1.82) is 0 Å². The first kappa shape index (κ1) is 16.3. The fourth-order valence-electron chi connectivity index (χ4n) is 2.99. The highest BCUT2D eigenvalue weighted by Gasteiger charge is 2.19. The fraction of sp³-hybridized carbons (Fsp3) is 0.667. The lowest BCUT2D eigenvalue weighted by molar-refractivity contribution is 0.201. The van der Waals surface area contributed by atoms with Gasteiger partial charge in [-0.25, -0.2) is 0 Å². The second-order valence-corrected chi connectivity index (χ2v) is 6.22. The van der Waals surface area contributed by atoms with Crippen LogP contribution >= 0.6 is 0 Å². The molecule has 1 aromatic rings. The molecular weight excluding hydrogens is 260 g/mol. The van der Waals surface area contributed by atoms with Crippen molar-refractivity contribution in [2.45, 2.75) is 58.0 Å². The minimum absolute atomic E-state index is 0.0887. The second-order valence-electron chi connectivity index (χ2n) is 6.22. The molecular formula is C18H30N2O. The molecule has 118 valence electrons. The Morgan fingerprint density at radius 3 is 2.71 bits per heavy atom. The van der Waals surface area contributed by atoms with Crippen molar-refractivity contribution in [3.05, 3.63) is 29.8 Å². The van der Waals surface area contributed by atoms with Gasteiger partial charge in [0, 0.05) is 18.6 Å². The van der Waals surface area contributed by atoms with Gasteiger partial charge < -0.3 is 10.5 Å². The summed E-state index contributed by atoms with van der Waals surface area (Å²) in [6, 6.07) is 9.04. The Morgan fingerprint density at radius 1 is 1.24 bits per heavy atom.